The van der Waals surface area contributed by atoms with E-state index in [-0.39, 0.29) is 12.1 Å². The van der Waals surface area contributed by atoms with Crippen molar-refractivity contribution in [2.75, 3.05) is 13.7 Å². The van der Waals surface area contributed by atoms with Gasteiger partial charge >= 0.3 is 6.09 Å². The van der Waals surface area contributed by atoms with Crippen molar-refractivity contribution in [1.29, 1.82) is 0 Å². The molecular weight excluding hydrogens is 418 g/mol. The maximum Gasteiger partial charge on any atom is 0.410 e. The average Bonchev–Trinajstić information content (AvgIpc) is 2.78. The quantitative estimate of drug-likeness (QED) is 0.703. The summed E-state index contributed by atoms with van der Waals surface area (Å²) in [5.74, 6) is 0.748. The van der Waals surface area contributed by atoms with E-state index >= 15 is 0 Å². The van der Waals surface area contributed by atoms with Gasteiger partial charge in [0.15, 0.2) is 0 Å². The summed E-state index contributed by atoms with van der Waals surface area (Å²) < 4.78 is 11.2. The maximum absolute atomic E-state index is 12.8. The highest BCUT2D eigenvalue weighted by atomic mass is 16.6. The molecule has 2 aliphatic heterocycles. The summed E-state index contributed by atoms with van der Waals surface area (Å²) in [6.45, 7) is 10.1. The molecule has 1 N–H and O–H groups in total. The molecule has 0 radical (unpaired) electrons. The summed E-state index contributed by atoms with van der Waals surface area (Å²) >= 11 is 0. The number of rotatable bonds is 4. The summed E-state index contributed by atoms with van der Waals surface area (Å²) in [6, 6.07) is 8.08. The van der Waals surface area contributed by atoms with Gasteiger partial charge in [-0.15, -0.1) is 5.10 Å². The molecule has 1 unspecified atom stereocenters. The number of amides is 1. The van der Waals surface area contributed by atoms with Crippen molar-refractivity contribution in [1.82, 2.24) is 15.1 Å². The predicted octanol–water partition coefficient (Wildman–Crippen LogP) is 4.98. The summed E-state index contributed by atoms with van der Waals surface area (Å²) in [5, 5.41) is 20.4. The number of nitrogens with zero attached hydrogens (tertiary/aromatic N) is 3. The fourth-order valence-electron chi connectivity index (χ4n) is 5.22. The Hall–Kier alpha value is -2.67. The molecule has 1 saturated carbocycles. The Balaban J connectivity index is 1.60. The standard InChI is InChI=1S/C26H35N3O4/c1-16-7-8-19(21(13-16)32-6)22-17(2)14-20(27-28-22)23(30)26-11-9-18(10-12-26)29(15-26)24(31)33-25(3,4)5/h7-8,13-14,18,23,30H,9-12,15H2,1-6H3. The van der Waals surface area contributed by atoms with E-state index < -0.39 is 17.1 Å². The number of ether oxygens (including phenoxy) is 2. The highest BCUT2D eigenvalue weighted by Crippen LogP contribution is 2.52. The molecule has 3 fully saturated rings. The summed E-state index contributed by atoms with van der Waals surface area (Å²) in [6.07, 6.45) is 2.33. The number of hydrogen-bond donors (Lipinski definition) is 1. The first-order chi connectivity index (χ1) is 15.5. The third-order valence-corrected chi connectivity index (χ3v) is 6.98. The Morgan fingerprint density at radius 1 is 1.18 bits per heavy atom. The van der Waals surface area contributed by atoms with Crippen molar-refractivity contribution in [3.63, 3.8) is 0 Å². The van der Waals surface area contributed by atoms with Gasteiger partial charge in [0.25, 0.3) is 0 Å². The number of aromatic nitrogens is 2. The normalized spacial score (nSPS) is 23.4. The second-order valence-corrected chi connectivity index (χ2v) is 10.6. The van der Waals surface area contributed by atoms with Gasteiger partial charge in [-0.05, 0) is 89.6 Å². The molecule has 1 atom stereocenters. The van der Waals surface area contributed by atoms with Gasteiger partial charge in [0, 0.05) is 23.6 Å². The summed E-state index contributed by atoms with van der Waals surface area (Å²) in [5.41, 5.74) is 3.21. The van der Waals surface area contributed by atoms with Crippen LogP contribution < -0.4 is 4.74 Å². The van der Waals surface area contributed by atoms with E-state index in [1.54, 1.807) is 7.11 Å². The van der Waals surface area contributed by atoms with E-state index in [1.807, 2.05) is 63.8 Å². The smallest absolute Gasteiger partial charge is 0.410 e. The topological polar surface area (TPSA) is 84.8 Å². The zero-order chi connectivity index (χ0) is 24.0. The minimum absolute atomic E-state index is 0.179. The van der Waals surface area contributed by atoms with Crippen LogP contribution in [0, 0.1) is 19.3 Å². The van der Waals surface area contributed by atoms with Gasteiger partial charge in [-0.3, -0.25) is 0 Å². The van der Waals surface area contributed by atoms with Crippen molar-refractivity contribution in [2.45, 2.75) is 78.0 Å². The molecule has 1 aliphatic carbocycles. The fraction of sp³-hybridized carbons (Fsp3) is 0.577. The molecule has 0 spiro atoms. The summed E-state index contributed by atoms with van der Waals surface area (Å²) in [4.78, 5) is 14.6. The first kappa shape index (κ1) is 23.5. The maximum atomic E-state index is 12.8. The number of fused-ring (bicyclic) bond motifs is 3. The van der Waals surface area contributed by atoms with Crippen LogP contribution >= 0.6 is 0 Å². The molecule has 2 aromatic rings. The number of carbonyl (C=O) groups is 1. The molecule has 33 heavy (non-hydrogen) atoms. The second kappa shape index (κ2) is 8.60. The van der Waals surface area contributed by atoms with Crippen LogP contribution in [0.1, 0.15) is 69.4 Å². The highest BCUT2D eigenvalue weighted by Gasteiger charge is 2.52. The third kappa shape index (κ3) is 4.56. The molecular formula is C26H35N3O4. The van der Waals surface area contributed by atoms with Crippen molar-refractivity contribution in [3.8, 4) is 17.0 Å². The Kier molecular flexibility index (Phi) is 6.12. The van der Waals surface area contributed by atoms with Gasteiger partial charge in [0.1, 0.15) is 17.5 Å². The Morgan fingerprint density at radius 2 is 1.88 bits per heavy atom. The molecule has 3 heterocycles. The molecule has 1 aromatic carbocycles. The van der Waals surface area contributed by atoms with E-state index in [0.717, 1.165) is 53.8 Å². The molecule has 7 nitrogen and oxygen atoms in total. The molecule has 1 aromatic heterocycles. The minimum atomic E-state index is -0.802. The van der Waals surface area contributed by atoms with Crippen LogP contribution in [-0.2, 0) is 4.74 Å². The molecule has 178 valence electrons. The first-order valence-electron chi connectivity index (χ1n) is 11.7. The van der Waals surface area contributed by atoms with Crippen molar-refractivity contribution < 1.29 is 19.4 Å². The number of aryl methyl sites for hydroxylation is 2. The number of aliphatic hydroxyl groups excluding tert-OH is 1. The molecule has 1 amide bonds. The lowest BCUT2D eigenvalue weighted by molar-refractivity contribution is -0.0980. The van der Waals surface area contributed by atoms with Crippen molar-refractivity contribution in [3.05, 3.63) is 41.1 Å². The number of benzene rings is 1. The number of carbonyl (C=O) groups excluding carboxylic acids is 1. The van der Waals surface area contributed by atoms with Crippen LogP contribution in [0.2, 0.25) is 0 Å². The van der Waals surface area contributed by atoms with Gasteiger partial charge in [0.2, 0.25) is 0 Å². The van der Waals surface area contributed by atoms with E-state index in [9.17, 15) is 9.90 Å². The largest absolute Gasteiger partial charge is 0.496 e. The van der Waals surface area contributed by atoms with E-state index in [4.69, 9.17) is 9.47 Å². The van der Waals surface area contributed by atoms with Gasteiger partial charge in [-0.2, -0.15) is 5.10 Å². The molecule has 2 bridgehead atoms. The number of aliphatic hydroxyl groups is 1. The Morgan fingerprint density at radius 3 is 2.48 bits per heavy atom. The molecule has 7 heteroatoms. The fourth-order valence-corrected chi connectivity index (χ4v) is 5.22. The summed E-state index contributed by atoms with van der Waals surface area (Å²) in [7, 11) is 1.65. The van der Waals surface area contributed by atoms with E-state index in [1.165, 1.54) is 0 Å². The third-order valence-electron chi connectivity index (χ3n) is 6.98. The van der Waals surface area contributed by atoms with Crippen LogP contribution in [0.4, 0.5) is 4.79 Å². The zero-order valence-corrected chi connectivity index (χ0v) is 20.5. The lowest BCUT2D eigenvalue weighted by atomic mass is 9.64. The number of hydrogen-bond acceptors (Lipinski definition) is 6. The van der Waals surface area contributed by atoms with Gasteiger partial charge < -0.3 is 19.5 Å². The van der Waals surface area contributed by atoms with Crippen LogP contribution in [0.5, 0.6) is 5.75 Å². The zero-order valence-electron chi connectivity index (χ0n) is 20.5. The average molecular weight is 454 g/mol. The van der Waals surface area contributed by atoms with Crippen LogP contribution in [0.3, 0.4) is 0 Å². The van der Waals surface area contributed by atoms with Crippen LogP contribution in [0.15, 0.2) is 24.3 Å². The van der Waals surface area contributed by atoms with Crippen LogP contribution in [-0.4, -0.2) is 51.6 Å². The predicted molar refractivity (Wildman–Crippen MR) is 126 cm³/mol. The van der Waals surface area contributed by atoms with Crippen molar-refractivity contribution >= 4 is 6.09 Å². The van der Waals surface area contributed by atoms with Crippen molar-refractivity contribution in [2.24, 2.45) is 5.41 Å². The lowest BCUT2D eigenvalue weighted by Gasteiger charge is -2.54. The minimum Gasteiger partial charge on any atom is -0.496 e. The molecule has 2 saturated heterocycles. The lowest BCUT2D eigenvalue weighted by Crippen LogP contribution is -2.58. The van der Waals surface area contributed by atoms with Crippen LogP contribution in [0.25, 0.3) is 11.3 Å². The number of piperidine rings is 2. The Bertz CT molecular complexity index is 1040. The van der Waals surface area contributed by atoms with Gasteiger partial charge in [-0.1, -0.05) is 6.07 Å². The molecule has 3 aliphatic rings. The van der Waals surface area contributed by atoms with Gasteiger partial charge in [0.05, 0.1) is 18.5 Å². The monoisotopic (exact) mass is 453 g/mol. The SMILES string of the molecule is COc1cc(C)ccc1-c1nnc(C(O)C23CCC(CC2)N(C(=O)OC(C)(C)C)C3)cc1C. The Labute approximate surface area is 196 Å². The van der Waals surface area contributed by atoms with E-state index in [2.05, 4.69) is 10.2 Å². The molecule has 5 rings (SSSR count). The van der Waals surface area contributed by atoms with Gasteiger partial charge in [-0.25, -0.2) is 4.79 Å². The van der Waals surface area contributed by atoms with E-state index in [0.29, 0.717) is 12.2 Å². The second-order valence-electron chi connectivity index (χ2n) is 10.6. The highest BCUT2D eigenvalue weighted by molar-refractivity contribution is 5.70. The first-order valence-corrected chi connectivity index (χ1v) is 11.7. The number of methoxy groups -OCH3 is 1.